The van der Waals surface area contributed by atoms with Crippen LogP contribution in [0.25, 0.3) is 22.0 Å². The summed E-state index contributed by atoms with van der Waals surface area (Å²) in [6.07, 6.45) is 0.876. The number of carbonyl (C=O) groups excluding carboxylic acids is 1. The van der Waals surface area contributed by atoms with Gasteiger partial charge in [0, 0.05) is 30.7 Å². The Morgan fingerprint density at radius 1 is 1.11 bits per heavy atom. The quantitative estimate of drug-likeness (QED) is 0.730. The number of benzene rings is 2. The number of carbonyl (C=O) groups is 1. The number of amides is 1. The summed E-state index contributed by atoms with van der Waals surface area (Å²) in [5.41, 5.74) is 6.00. The van der Waals surface area contributed by atoms with Crippen molar-refractivity contribution in [3.63, 3.8) is 0 Å². The van der Waals surface area contributed by atoms with E-state index in [1.54, 1.807) is 19.2 Å². The molecule has 3 rings (SSSR count). The van der Waals surface area contributed by atoms with E-state index in [4.69, 9.17) is 5.11 Å². The number of pyridine rings is 1. The van der Waals surface area contributed by atoms with Gasteiger partial charge in [-0.15, -0.1) is 0 Å². The number of aliphatic hydroxyl groups is 2. The van der Waals surface area contributed by atoms with Gasteiger partial charge in [-0.3, -0.25) is 9.78 Å². The minimum atomic E-state index is -0.937. The molecule has 0 saturated carbocycles. The molecule has 27 heavy (non-hydrogen) atoms. The van der Waals surface area contributed by atoms with Crippen LogP contribution in [-0.2, 0) is 0 Å². The zero-order valence-electron chi connectivity index (χ0n) is 15.8. The largest absolute Gasteiger partial charge is 0.394 e. The van der Waals surface area contributed by atoms with Crippen LogP contribution in [0.1, 0.15) is 21.5 Å². The van der Waals surface area contributed by atoms with E-state index < -0.39 is 6.10 Å². The summed E-state index contributed by atoms with van der Waals surface area (Å²) in [6.45, 7) is 3.87. The summed E-state index contributed by atoms with van der Waals surface area (Å²) in [4.78, 5) is 18.4. The molecule has 1 aromatic heterocycles. The Labute approximate surface area is 158 Å². The maximum atomic E-state index is 12.5. The molecular formula is C22H24N2O3. The number of rotatable bonds is 5. The Bertz CT molecular complexity index is 967. The number of nitrogens with zero attached hydrogens (tertiary/aromatic N) is 2. The average molecular weight is 364 g/mol. The molecule has 5 nitrogen and oxygen atoms in total. The van der Waals surface area contributed by atoms with Gasteiger partial charge in [0.1, 0.15) is 0 Å². The van der Waals surface area contributed by atoms with E-state index in [1.807, 2.05) is 24.4 Å². The smallest absolute Gasteiger partial charge is 0.253 e. The van der Waals surface area contributed by atoms with Gasteiger partial charge in [-0.25, -0.2) is 0 Å². The van der Waals surface area contributed by atoms with Gasteiger partial charge >= 0.3 is 0 Å². The predicted molar refractivity (Wildman–Crippen MR) is 107 cm³/mol. The van der Waals surface area contributed by atoms with Crippen molar-refractivity contribution in [2.24, 2.45) is 0 Å². The highest BCUT2D eigenvalue weighted by Gasteiger charge is 2.15. The highest BCUT2D eigenvalue weighted by molar-refractivity contribution is 5.98. The first kappa shape index (κ1) is 19.0. The monoisotopic (exact) mass is 364 g/mol. The topological polar surface area (TPSA) is 73.7 Å². The zero-order chi connectivity index (χ0) is 19.6. The molecule has 140 valence electrons. The molecule has 1 atom stereocenters. The third kappa shape index (κ3) is 3.84. The predicted octanol–water partition coefficient (Wildman–Crippen LogP) is 2.94. The SMILES string of the molecule is Cc1ccc2c(-c3ccc(C(=O)N(C)C[C@H](O)CO)cc3)ccnc2c1C. The fourth-order valence-corrected chi connectivity index (χ4v) is 3.18. The normalized spacial score (nSPS) is 12.2. The molecule has 0 radical (unpaired) electrons. The van der Waals surface area contributed by atoms with Gasteiger partial charge < -0.3 is 15.1 Å². The van der Waals surface area contributed by atoms with Gasteiger partial charge in [0.15, 0.2) is 0 Å². The lowest BCUT2D eigenvalue weighted by atomic mass is 9.97. The highest BCUT2D eigenvalue weighted by Crippen LogP contribution is 2.30. The number of hydrogen-bond donors (Lipinski definition) is 2. The van der Waals surface area contributed by atoms with Crippen LogP contribution in [0.4, 0.5) is 0 Å². The van der Waals surface area contributed by atoms with Crippen LogP contribution < -0.4 is 0 Å². The maximum Gasteiger partial charge on any atom is 0.253 e. The van der Waals surface area contributed by atoms with Crippen LogP contribution in [0.2, 0.25) is 0 Å². The summed E-state index contributed by atoms with van der Waals surface area (Å²) >= 11 is 0. The molecule has 0 aliphatic rings. The first-order valence-electron chi connectivity index (χ1n) is 8.92. The molecule has 1 amide bonds. The van der Waals surface area contributed by atoms with Gasteiger partial charge in [0.05, 0.1) is 18.2 Å². The van der Waals surface area contributed by atoms with Crippen molar-refractivity contribution in [3.8, 4) is 11.1 Å². The maximum absolute atomic E-state index is 12.5. The second kappa shape index (κ2) is 7.86. The Hall–Kier alpha value is -2.76. The van der Waals surface area contributed by atoms with E-state index >= 15 is 0 Å². The van der Waals surface area contributed by atoms with Crippen molar-refractivity contribution in [1.82, 2.24) is 9.88 Å². The third-order valence-electron chi connectivity index (χ3n) is 4.92. The Kier molecular flexibility index (Phi) is 5.54. The van der Waals surface area contributed by atoms with Gasteiger partial charge in [-0.05, 0) is 54.3 Å². The molecule has 5 heteroatoms. The van der Waals surface area contributed by atoms with Crippen LogP contribution in [-0.4, -0.2) is 52.3 Å². The summed E-state index contributed by atoms with van der Waals surface area (Å²) in [5, 5.41) is 19.5. The molecule has 2 aromatic carbocycles. The Morgan fingerprint density at radius 3 is 2.48 bits per heavy atom. The van der Waals surface area contributed by atoms with Crippen molar-refractivity contribution < 1.29 is 15.0 Å². The lowest BCUT2D eigenvalue weighted by Gasteiger charge is -2.20. The molecular weight excluding hydrogens is 340 g/mol. The van der Waals surface area contributed by atoms with E-state index in [0.29, 0.717) is 5.56 Å². The summed E-state index contributed by atoms with van der Waals surface area (Å²) in [6, 6.07) is 13.6. The molecule has 2 N–H and O–H groups in total. The third-order valence-corrected chi connectivity index (χ3v) is 4.92. The van der Waals surface area contributed by atoms with Crippen LogP contribution >= 0.6 is 0 Å². The lowest BCUT2D eigenvalue weighted by Crippen LogP contribution is -2.35. The highest BCUT2D eigenvalue weighted by atomic mass is 16.3. The number of hydrogen-bond acceptors (Lipinski definition) is 4. The number of likely N-dealkylation sites (N-methyl/N-ethyl adjacent to an activating group) is 1. The average Bonchev–Trinajstić information content (AvgIpc) is 2.69. The van der Waals surface area contributed by atoms with Crippen LogP contribution in [0.3, 0.4) is 0 Å². The molecule has 3 aromatic rings. The summed E-state index contributed by atoms with van der Waals surface area (Å²) in [7, 11) is 1.61. The molecule has 0 saturated heterocycles. The number of aryl methyl sites for hydroxylation is 2. The molecule has 1 heterocycles. The fraction of sp³-hybridized carbons (Fsp3) is 0.273. The fourth-order valence-electron chi connectivity index (χ4n) is 3.18. The van der Waals surface area contributed by atoms with Crippen molar-refractivity contribution in [3.05, 3.63) is 65.4 Å². The van der Waals surface area contributed by atoms with Gasteiger partial charge in [-0.2, -0.15) is 0 Å². The molecule has 0 bridgehead atoms. The molecule has 0 aliphatic heterocycles. The molecule has 0 fully saturated rings. The standard InChI is InChI=1S/C22H24N2O3/c1-14-4-9-20-19(10-11-23-21(20)15(14)2)16-5-7-17(8-6-16)22(27)24(3)12-18(26)13-25/h4-11,18,25-26H,12-13H2,1-3H3/t18-/m0/s1. The van der Waals surface area contributed by atoms with Crippen molar-refractivity contribution in [1.29, 1.82) is 0 Å². The Morgan fingerprint density at radius 2 is 1.81 bits per heavy atom. The molecule has 0 unspecified atom stereocenters. The van der Waals surface area contributed by atoms with E-state index in [1.165, 1.54) is 16.0 Å². The first-order chi connectivity index (χ1) is 12.9. The number of aliphatic hydroxyl groups excluding tert-OH is 2. The number of aromatic nitrogens is 1. The molecule has 0 aliphatic carbocycles. The zero-order valence-corrected chi connectivity index (χ0v) is 15.8. The summed E-state index contributed by atoms with van der Waals surface area (Å²) < 4.78 is 0. The number of fused-ring (bicyclic) bond motifs is 1. The Balaban J connectivity index is 1.91. The second-order valence-electron chi connectivity index (χ2n) is 6.86. The van der Waals surface area contributed by atoms with E-state index in [2.05, 4.69) is 31.0 Å². The minimum Gasteiger partial charge on any atom is -0.394 e. The molecule has 0 spiro atoms. The van der Waals surface area contributed by atoms with Gasteiger partial charge in [0.2, 0.25) is 0 Å². The van der Waals surface area contributed by atoms with E-state index in [0.717, 1.165) is 22.0 Å². The van der Waals surface area contributed by atoms with Gasteiger partial charge in [-0.1, -0.05) is 24.3 Å². The first-order valence-corrected chi connectivity index (χ1v) is 8.92. The van der Waals surface area contributed by atoms with Crippen molar-refractivity contribution in [2.45, 2.75) is 20.0 Å². The van der Waals surface area contributed by atoms with Crippen LogP contribution in [0.15, 0.2) is 48.7 Å². The second-order valence-corrected chi connectivity index (χ2v) is 6.86. The lowest BCUT2D eigenvalue weighted by molar-refractivity contribution is 0.0520. The van der Waals surface area contributed by atoms with E-state index in [-0.39, 0.29) is 19.1 Å². The minimum absolute atomic E-state index is 0.0880. The van der Waals surface area contributed by atoms with Gasteiger partial charge in [0.25, 0.3) is 5.91 Å². The van der Waals surface area contributed by atoms with Crippen molar-refractivity contribution in [2.75, 3.05) is 20.2 Å². The van der Waals surface area contributed by atoms with E-state index in [9.17, 15) is 9.90 Å². The summed E-state index contributed by atoms with van der Waals surface area (Å²) in [5.74, 6) is -0.194. The van der Waals surface area contributed by atoms with Crippen molar-refractivity contribution >= 4 is 16.8 Å². The van der Waals surface area contributed by atoms with Crippen LogP contribution in [0.5, 0.6) is 0 Å². The van der Waals surface area contributed by atoms with Crippen LogP contribution in [0, 0.1) is 13.8 Å².